The van der Waals surface area contributed by atoms with Gasteiger partial charge >= 0.3 is 6.18 Å². The number of carbonyl (C=O) groups excluding carboxylic acids is 1. The number of aliphatic hydroxyl groups excluding tert-OH is 2. The van der Waals surface area contributed by atoms with E-state index in [0.717, 1.165) is 12.1 Å². The number of hydrogen-bond donors (Lipinski definition) is 3. The van der Waals surface area contributed by atoms with Gasteiger partial charge in [-0.15, -0.1) is 0 Å². The molecular formula is C12H13F3O3S. The summed E-state index contributed by atoms with van der Waals surface area (Å²) in [4.78, 5) is 10.5. The van der Waals surface area contributed by atoms with E-state index in [1.165, 1.54) is 0 Å². The van der Waals surface area contributed by atoms with Crippen LogP contribution in [0.3, 0.4) is 0 Å². The highest BCUT2D eigenvalue weighted by molar-refractivity contribution is 7.80. The van der Waals surface area contributed by atoms with Gasteiger partial charge in [0.2, 0.25) is 0 Å². The minimum absolute atomic E-state index is 0.0526. The van der Waals surface area contributed by atoms with Crippen molar-refractivity contribution in [2.24, 2.45) is 0 Å². The van der Waals surface area contributed by atoms with Gasteiger partial charge < -0.3 is 10.2 Å². The Labute approximate surface area is 113 Å². The van der Waals surface area contributed by atoms with Crippen molar-refractivity contribution in [1.82, 2.24) is 0 Å². The number of benzene rings is 1. The first-order valence-electron chi connectivity index (χ1n) is 5.44. The second kappa shape index (κ2) is 6.40. The van der Waals surface area contributed by atoms with E-state index in [0.29, 0.717) is 6.07 Å². The largest absolute Gasteiger partial charge is 0.416 e. The second-order valence-corrected chi connectivity index (χ2v) is 4.43. The number of halogens is 3. The molecule has 3 nitrogen and oxygen atoms in total. The summed E-state index contributed by atoms with van der Waals surface area (Å²) in [5, 5.41) is 19.3. The topological polar surface area (TPSA) is 57.5 Å². The lowest BCUT2D eigenvalue weighted by Gasteiger charge is -2.21. The molecule has 0 bridgehead atoms. The monoisotopic (exact) mass is 294 g/mol. The lowest BCUT2D eigenvalue weighted by molar-refractivity contribution is -0.139. The number of hydrogen-bond acceptors (Lipinski definition) is 4. The van der Waals surface area contributed by atoms with Crippen LogP contribution >= 0.6 is 12.6 Å². The molecule has 0 aliphatic heterocycles. The van der Waals surface area contributed by atoms with Gasteiger partial charge in [-0.25, -0.2) is 0 Å². The first-order chi connectivity index (χ1) is 8.81. The quantitative estimate of drug-likeness (QED) is 0.576. The van der Waals surface area contributed by atoms with Crippen LogP contribution in [0.1, 0.15) is 34.0 Å². The molecule has 106 valence electrons. The third-order valence-corrected chi connectivity index (χ3v) is 2.89. The van der Waals surface area contributed by atoms with Gasteiger partial charge in [-0.3, -0.25) is 4.79 Å². The van der Waals surface area contributed by atoms with E-state index in [2.05, 4.69) is 12.6 Å². The molecule has 0 aliphatic rings. The Morgan fingerprint density at radius 2 is 1.95 bits per heavy atom. The molecule has 0 heterocycles. The van der Waals surface area contributed by atoms with E-state index in [1.54, 1.807) is 0 Å². The molecule has 1 rings (SSSR count). The zero-order valence-corrected chi connectivity index (χ0v) is 10.7. The van der Waals surface area contributed by atoms with Crippen molar-refractivity contribution in [3.63, 3.8) is 0 Å². The van der Waals surface area contributed by atoms with E-state index < -0.39 is 29.5 Å². The maximum Gasteiger partial charge on any atom is 0.416 e. The van der Waals surface area contributed by atoms with Gasteiger partial charge in [0.05, 0.1) is 11.7 Å². The highest BCUT2D eigenvalue weighted by Crippen LogP contribution is 2.36. The van der Waals surface area contributed by atoms with Gasteiger partial charge in [0, 0.05) is 5.56 Å². The third kappa shape index (κ3) is 3.95. The molecule has 2 N–H and O–H groups in total. The fraction of sp³-hybridized carbons (Fsp3) is 0.417. The van der Waals surface area contributed by atoms with E-state index in [-0.39, 0.29) is 24.0 Å². The van der Waals surface area contributed by atoms with Crippen LogP contribution in [0.4, 0.5) is 13.2 Å². The number of carbonyl (C=O) groups is 1. The number of thiol groups is 1. The zero-order chi connectivity index (χ0) is 14.6. The van der Waals surface area contributed by atoms with Crippen LogP contribution in [0.2, 0.25) is 0 Å². The molecule has 0 saturated carbocycles. The Morgan fingerprint density at radius 3 is 2.42 bits per heavy atom. The Morgan fingerprint density at radius 1 is 1.32 bits per heavy atom. The predicted molar refractivity (Wildman–Crippen MR) is 66.3 cm³/mol. The summed E-state index contributed by atoms with van der Waals surface area (Å²) >= 11 is 3.84. The normalized spacial score (nSPS) is 15.1. The third-order valence-electron chi connectivity index (χ3n) is 2.63. The van der Waals surface area contributed by atoms with E-state index in [9.17, 15) is 28.2 Å². The van der Waals surface area contributed by atoms with Crippen molar-refractivity contribution in [3.05, 3.63) is 34.9 Å². The van der Waals surface area contributed by atoms with E-state index >= 15 is 0 Å². The number of alkyl halides is 3. The zero-order valence-electron chi connectivity index (χ0n) is 9.76. The molecule has 2 unspecified atom stereocenters. The Bertz CT molecular complexity index is 448. The molecule has 0 saturated heterocycles. The molecule has 0 aromatic heterocycles. The molecule has 1 aromatic rings. The lowest BCUT2D eigenvalue weighted by atomic mass is 9.95. The Balaban J connectivity index is 3.23. The molecular weight excluding hydrogens is 281 g/mol. The maximum atomic E-state index is 12.9. The van der Waals surface area contributed by atoms with Crippen LogP contribution in [-0.4, -0.2) is 28.4 Å². The summed E-state index contributed by atoms with van der Waals surface area (Å²) in [5.74, 6) is 0.228. The molecule has 1 aromatic carbocycles. The summed E-state index contributed by atoms with van der Waals surface area (Å²) in [6.45, 7) is 0. The summed E-state index contributed by atoms with van der Waals surface area (Å²) in [5.41, 5.74) is -1.72. The average Bonchev–Trinajstić information content (AvgIpc) is 2.36. The van der Waals surface area contributed by atoms with Crippen LogP contribution in [-0.2, 0) is 6.18 Å². The van der Waals surface area contributed by atoms with Gasteiger partial charge in [0.25, 0.3) is 0 Å². The van der Waals surface area contributed by atoms with Crippen LogP contribution in [0.15, 0.2) is 18.2 Å². The van der Waals surface area contributed by atoms with Crippen LogP contribution in [0.5, 0.6) is 0 Å². The summed E-state index contributed by atoms with van der Waals surface area (Å²) in [6, 6.07) is 2.81. The van der Waals surface area contributed by atoms with Crippen LogP contribution < -0.4 is 0 Å². The Kier molecular flexibility index (Phi) is 5.39. The van der Waals surface area contributed by atoms with Gasteiger partial charge in [-0.05, 0) is 23.8 Å². The standard InChI is InChI=1S/C12H13F3O3S/c13-12(14,15)9-5-7(6-16)1-2-8(9)11(18)10(17)3-4-19/h1-2,5-6,10-11,17-19H,3-4H2. The average molecular weight is 294 g/mol. The molecule has 0 fully saturated rings. The molecule has 0 spiro atoms. The van der Waals surface area contributed by atoms with Crippen molar-refractivity contribution in [3.8, 4) is 0 Å². The van der Waals surface area contributed by atoms with E-state index in [1.807, 2.05) is 0 Å². The molecule has 0 radical (unpaired) electrons. The first kappa shape index (κ1) is 16.0. The van der Waals surface area contributed by atoms with E-state index in [4.69, 9.17) is 0 Å². The lowest BCUT2D eigenvalue weighted by Crippen LogP contribution is -2.22. The van der Waals surface area contributed by atoms with Gasteiger partial charge in [-0.2, -0.15) is 25.8 Å². The van der Waals surface area contributed by atoms with Crippen molar-refractivity contribution in [2.45, 2.75) is 24.8 Å². The summed E-state index contributed by atoms with van der Waals surface area (Å²) in [6.07, 6.45) is -7.40. The number of aldehydes is 1. The van der Waals surface area contributed by atoms with Gasteiger partial charge in [0.15, 0.2) is 0 Å². The predicted octanol–water partition coefficient (Wildman–Crippen LogP) is 2.23. The van der Waals surface area contributed by atoms with Crippen molar-refractivity contribution < 1.29 is 28.2 Å². The minimum atomic E-state index is -4.71. The van der Waals surface area contributed by atoms with Crippen molar-refractivity contribution >= 4 is 18.9 Å². The Hall–Kier alpha value is -1.05. The SMILES string of the molecule is O=Cc1ccc(C(O)C(O)CCS)c(C(F)(F)F)c1. The van der Waals surface area contributed by atoms with Crippen LogP contribution in [0.25, 0.3) is 0 Å². The summed E-state index contributed by atoms with van der Waals surface area (Å²) in [7, 11) is 0. The van der Waals surface area contributed by atoms with Gasteiger partial charge in [-0.1, -0.05) is 12.1 Å². The molecule has 2 atom stereocenters. The van der Waals surface area contributed by atoms with Crippen LogP contribution in [0, 0.1) is 0 Å². The minimum Gasteiger partial charge on any atom is -0.390 e. The molecule has 19 heavy (non-hydrogen) atoms. The smallest absolute Gasteiger partial charge is 0.390 e. The number of rotatable bonds is 5. The maximum absolute atomic E-state index is 12.9. The second-order valence-electron chi connectivity index (χ2n) is 3.99. The fourth-order valence-corrected chi connectivity index (χ4v) is 1.91. The molecule has 0 amide bonds. The van der Waals surface area contributed by atoms with Crippen molar-refractivity contribution in [1.29, 1.82) is 0 Å². The highest BCUT2D eigenvalue weighted by Gasteiger charge is 2.36. The first-order valence-corrected chi connectivity index (χ1v) is 6.07. The molecule has 7 heteroatoms. The van der Waals surface area contributed by atoms with Crippen molar-refractivity contribution in [2.75, 3.05) is 5.75 Å². The highest BCUT2D eigenvalue weighted by atomic mass is 32.1. The number of aliphatic hydroxyl groups is 2. The summed E-state index contributed by atoms with van der Waals surface area (Å²) < 4.78 is 38.6. The van der Waals surface area contributed by atoms with Gasteiger partial charge in [0.1, 0.15) is 12.4 Å². The molecule has 0 aliphatic carbocycles. The fourth-order valence-electron chi connectivity index (χ4n) is 1.65.